The van der Waals surface area contributed by atoms with E-state index in [9.17, 15) is 0 Å². The van der Waals surface area contributed by atoms with Crippen molar-refractivity contribution in [1.82, 2.24) is 14.7 Å². The molecule has 1 unspecified atom stereocenters. The van der Waals surface area contributed by atoms with Crippen LogP contribution in [0.15, 0.2) is 30.6 Å². The molecule has 0 aliphatic carbocycles. The molecule has 0 bridgehead atoms. The summed E-state index contributed by atoms with van der Waals surface area (Å²) in [5.74, 6) is 2.54. The molecule has 0 spiro atoms. The van der Waals surface area contributed by atoms with Gasteiger partial charge in [-0.15, -0.1) is 0 Å². The summed E-state index contributed by atoms with van der Waals surface area (Å²) in [5, 5.41) is 3.56. The first kappa shape index (κ1) is 10.2. The highest BCUT2D eigenvalue weighted by atomic mass is 32.2. The minimum Gasteiger partial charge on any atom is -0.307 e. The Kier molecular flexibility index (Phi) is 2.84. The van der Waals surface area contributed by atoms with E-state index < -0.39 is 0 Å². The van der Waals surface area contributed by atoms with Crippen LogP contribution in [0.1, 0.15) is 12.1 Å². The Bertz CT molecular complexity index is 441. The molecule has 4 heteroatoms. The van der Waals surface area contributed by atoms with Gasteiger partial charge in [-0.3, -0.25) is 0 Å². The number of nitrogens with one attached hydrogen (secondary N) is 1. The van der Waals surface area contributed by atoms with Gasteiger partial charge >= 0.3 is 0 Å². The molecule has 1 aliphatic rings. The van der Waals surface area contributed by atoms with Gasteiger partial charge < -0.3 is 9.72 Å². The lowest BCUT2D eigenvalue weighted by Crippen LogP contribution is -2.28. The van der Waals surface area contributed by atoms with Crippen LogP contribution in [0, 0.1) is 0 Å². The summed E-state index contributed by atoms with van der Waals surface area (Å²) in [5.41, 5.74) is 2.16. The van der Waals surface area contributed by atoms with Gasteiger partial charge in [-0.2, -0.15) is 11.8 Å². The maximum Gasteiger partial charge on any atom is 0.137 e. The van der Waals surface area contributed by atoms with Gasteiger partial charge in [-0.1, -0.05) is 6.07 Å². The van der Waals surface area contributed by atoms with Crippen molar-refractivity contribution in [1.29, 1.82) is 0 Å². The average molecular weight is 233 g/mol. The van der Waals surface area contributed by atoms with E-state index in [0.29, 0.717) is 6.04 Å². The smallest absolute Gasteiger partial charge is 0.137 e. The van der Waals surface area contributed by atoms with Gasteiger partial charge in [0.15, 0.2) is 0 Å². The Morgan fingerprint density at radius 1 is 1.50 bits per heavy atom. The second kappa shape index (κ2) is 4.47. The molecule has 1 fully saturated rings. The van der Waals surface area contributed by atoms with Gasteiger partial charge in [0.25, 0.3) is 0 Å². The number of hydrogen-bond acceptors (Lipinski definition) is 3. The second-order valence-electron chi connectivity index (χ2n) is 4.14. The van der Waals surface area contributed by atoms with Crippen LogP contribution in [-0.4, -0.2) is 26.9 Å². The topological polar surface area (TPSA) is 29.3 Å². The average Bonchev–Trinajstić information content (AvgIpc) is 2.95. The molecular formula is C12H15N3S. The summed E-state index contributed by atoms with van der Waals surface area (Å²) in [7, 11) is 0. The van der Waals surface area contributed by atoms with Crippen LogP contribution in [-0.2, 0) is 6.54 Å². The first-order valence-corrected chi connectivity index (χ1v) is 6.81. The zero-order chi connectivity index (χ0) is 10.8. The third-order valence-electron chi connectivity index (χ3n) is 2.92. The summed E-state index contributed by atoms with van der Waals surface area (Å²) in [6.07, 6.45) is 5.43. The molecule has 84 valence electrons. The Labute approximate surface area is 99.3 Å². The Hall–Kier alpha value is -1.00. The fraction of sp³-hybridized carbons (Fsp3) is 0.417. The van der Waals surface area contributed by atoms with E-state index >= 15 is 0 Å². The number of imidazole rings is 1. The Balaban J connectivity index is 1.69. The van der Waals surface area contributed by atoms with Gasteiger partial charge in [0, 0.05) is 30.7 Å². The van der Waals surface area contributed by atoms with E-state index in [1.54, 1.807) is 0 Å². The maximum atomic E-state index is 4.57. The normalized spacial score (nSPS) is 20.6. The molecule has 3 nitrogen and oxygen atoms in total. The van der Waals surface area contributed by atoms with Crippen LogP contribution in [0.2, 0.25) is 0 Å². The van der Waals surface area contributed by atoms with Crippen molar-refractivity contribution in [3.8, 4) is 0 Å². The third-order valence-corrected chi connectivity index (χ3v) is 4.08. The Morgan fingerprint density at radius 2 is 2.50 bits per heavy atom. The molecule has 0 aromatic carbocycles. The molecule has 0 radical (unpaired) electrons. The number of thioether (sulfide) groups is 1. The minimum absolute atomic E-state index is 0.676. The van der Waals surface area contributed by atoms with Gasteiger partial charge in [0.05, 0.1) is 5.69 Å². The molecule has 3 heterocycles. The molecule has 2 aromatic rings. The number of hydrogen-bond donors (Lipinski definition) is 1. The van der Waals surface area contributed by atoms with E-state index in [2.05, 4.69) is 20.9 Å². The van der Waals surface area contributed by atoms with Gasteiger partial charge in [-0.25, -0.2) is 4.98 Å². The molecule has 3 rings (SSSR count). The molecule has 1 atom stereocenters. The van der Waals surface area contributed by atoms with Gasteiger partial charge in [0.1, 0.15) is 5.65 Å². The standard InChI is InChI=1S/C12H15N3S/c1-2-5-15-8-11(14-12(15)3-1)7-13-10-4-6-16-9-10/h1-3,5,8,10,13H,4,6-7,9H2. The predicted molar refractivity (Wildman–Crippen MR) is 67.8 cm³/mol. The lowest BCUT2D eigenvalue weighted by atomic mass is 10.2. The third kappa shape index (κ3) is 2.08. The maximum absolute atomic E-state index is 4.57. The van der Waals surface area contributed by atoms with E-state index in [1.807, 2.05) is 36.2 Å². The molecule has 1 N–H and O–H groups in total. The molecule has 16 heavy (non-hydrogen) atoms. The zero-order valence-corrected chi connectivity index (χ0v) is 9.91. The second-order valence-corrected chi connectivity index (χ2v) is 5.29. The summed E-state index contributed by atoms with van der Waals surface area (Å²) >= 11 is 2.03. The number of fused-ring (bicyclic) bond motifs is 1. The Morgan fingerprint density at radius 3 is 3.31 bits per heavy atom. The van der Waals surface area contributed by atoms with Crippen LogP contribution in [0.25, 0.3) is 5.65 Å². The number of pyridine rings is 1. The predicted octanol–water partition coefficient (Wildman–Crippen LogP) is 1.93. The van der Waals surface area contributed by atoms with E-state index in [-0.39, 0.29) is 0 Å². The minimum atomic E-state index is 0.676. The summed E-state index contributed by atoms with van der Waals surface area (Å²) in [6, 6.07) is 6.76. The van der Waals surface area contributed by atoms with Crippen molar-refractivity contribution < 1.29 is 0 Å². The van der Waals surface area contributed by atoms with Crippen molar-refractivity contribution >= 4 is 17.4 Å². The summed E-state index contributed by atoms with van der Waals surface area (Å²) in [6.45, 7) is 0.882. The van der Waals surface area contributed by atoms with E-state index in [0.717, 1.165) is 17.9 Å². The lowest BCUT2D eigenvalue weighted by Gasteiger charge is -2.08. The number of rotatable bonds is 3. The molecular weight excluding hydrogens is 218 g/mol. The highest BCUT2D eigenvalue weighted by molar-refractivity contribution is 7.99. The highest BCUT2D eigenvalue weighted by Gasteiger charge is 2.14. The molecule has 2 aromatic heterocycles. The summed E-state index contributed by atoms with van der Waals surface area (Å²) in [4.78, 5) is 4.57. The van der Waals surface area contributed by atoms with Gasteiger partial charge in [-0.05, 0) is 24.3 Å². The number of aromatic nitrogens is 2. The van der Waals surface area contributed by atoms with Crippen LogP contribution >= 0.6 is 11.8 Å². The number of nitrogens with zero attached hydrogens (tertiary/aromatic N) is 2. The van der Waals surface area contributed by atoms with Crippen molar-refractivity contribution in [3.05, 3.63) is 36.3 Å². The fourth-order valence-electron chi connectivity index (χ4n) is 2.02. The van der Waals surface area contributed by atoms with Crippen LogP contribution in [0.4, 0.5) is 0 Å². The molecule has 0 saturated carbocycles. The van der Waals surface area contributed by atoms with Crippen molar-refractivity contribution in [2.45, 2.75) is 19.0 Å². The van der Waals surface area contributed by atoms with Crippen molar-refractivity contribution in [2.24, 2.45) is 0 Å². The molecule has 1 aliphatic heterocycles. The first-order chi connectivity index (χ1) is 7.92. The van der Waals surface area contributed by atoms with Crippen LogP contribution in [0.3, 0.4) is 0 Å². The highest BCUT2D eigenvalue weighted by Crippen LogP contribution is 2.17. The lowest BCUT2D eigenvalue weighted by molar-refractivity contribution is 0.553. The molecule has 1 saturated heterocycles. The largest absolute Gasteiger partial charge is 0.307 e. The SMILES string of the molecule is c1ccn2cc(CNC3CCSC3)nc2c1. The van der Waals surface area contributed by atoms with Gasteiger partial charge in [0.2, 0.25) is 0 Å². The molecule has 0 amide bonds. The summed E-state index contributed by atoms with van der Waals surface area (Å²) < 4.78 is 2.07. The fourth-order valence-corrected chi connectivity index (χ4v) is 3.20. The van der Waals surface area contributed by atoms with Crippen LogP contribution < -0.4 is 5.32 Å². The van der Waals surface area contributed by atoms with E-state index in [1.165, 1.54) is 17.9 Å². The van der Waals surface area contributed by atoms with Crippen molar-refractivity contribution in [3.63, 3.8) is 0 Å². The first-order valence-electron chi connectivity index (χ1n) is 5.65. The zero-order valence-electron chi connectivity index (χ0n) is 9.10. The monoisotopic (exact) mass is 233 g/mol. The quantitative estimate of drug-likeness (QED) is 0.878. The van der Waals surface area contributed by atoms with E-state index in [4.69, 9.17) is 0 Å². The van der Waals surface area contributed by atoms with Crippen molar-refractivity contribution in [2.75, 3.05) is 11.5 Å². The van der Waals surface area contributed by atoms with Crippen LogP contribution in [0.5, 0.6) is 0 Å².